The van der Waals surface area contributed by atoms with E-state index < -0.39 is 18.3 Å². The molecule has 0 saturated carbocycles. The van der Waals surface area contributed by atoms with Gasteiger partial charge in [-0.25, -0.2) is 0 Å². The summed E-state index contributed by atoms with van der Waals surface area (Å²) in [5.41, 5.74) is -0.348. The van der Waals surface area contributed by atoms with Crippen LogP contribution in [0.25, 0.3) is 21.9 Å². The summed E-state index contributed by atoms with van der Waals surface area (Å²) < 4.78 is 63.4. The predicted octanol–water partition coefficient (Wildman–Crippen LogP) is 4.81. The van der Waals surface area contributed by atoms with Crippen molar-refractivity contribution in [3.8, 4) is 11.1 Å². The molecule has 126 valence electrons. The molecule has 3 aromatic rings. The second-order valence-corrected chi connectivity index (χ2v) is 7.24. The Morgan fingerprint density at radius 3 is 2.08 bits per heavy atom. The third kappa shape index (κ3) is 2.68. The van der Waals surface area contributed by atoms with Crippen molar-refractivity contribution >= 4 is 23.4 Å². The zero-order valence-electron chi connectivity index (χ0n) is 20.8. The summed E-state index contributed by atoms with van der Waals surface area (Å²) in [5, 5.41) is 0.354. The molecule has 0 aromatic heterocycles. The van der Waals surface area contributed by atoms with Crippen molar-refractivity contribution < 1.29 is 17.5 Å². The van der Waals surface area contributed by atoms with Gasteiger partial charge >= 0.3 is 7.12 Å². The van der Waals surface area contributed by atoms with Crippen LogP contribution in [0.3, 0.4) is 0 Å². The van der Waals surface area contributed by atoms with Gasteiger partial charge in [-0.3, -0.25) is 0 Å². The third-order valence-corrected chi connectivity index (χ3v) is 5.08. The van der Waals surface area contributed by atoms with Gasteiger partial charge in [0.1, 0.15) is 0 Å². The molecule has 1 heterocycles. The van der Waals surface area contributed by atoms with Crippen molar-refractivity contribution in [1.82, 2.24) is 0 Å². The van der Waals surface area contributed by atoms with Gasteiger partial charge in [0.25, 0.3) is 0 Å². The molecule has 0 amide bonds. The Balaban J connectivity index is 2.16. The van der Waals surface area contributed by atoms with Crippen LogP contribution in [0.2, 0.25) is 0 Å². The van der Waals surface area contributed by atoms with E-state index in [1.54, 1.807) is 24.3 Å². The molecule has 0 aliphatic carbocycles. The lowest BCUT2D eigenvalue weighted by Crippen LogP contribution is -2.41. The van der Waals surface area contributed by atoms with E-state index in [1.165, 1.54) is 0 Å². The van der Waals surface area contributed by atoms with E-state index in [0.717, 1.165) is 0 Å². The molecule has 25 heavy (non-hydrogen) atoms. The fourth-order valence-electron chi connectivity index (χ4n) is 2.92. The first-order chi connectivity index (χ1) is 14.4. The first-order valence-electron chi connectivity index (χ1n) is 11.3. The standard InChI is InChI=1S/C22H23BO2/c1-21(2)22(3,4)25-23(24-21)20-15-9-13-18-17(12-8-14-19(18)20)16-10-6-5-7-11-16/h5-15H,1-4H3/i8D,9D,12D,13D,14D,15D. The van der Waals surface area contributed by atoms with Crippen LogP contribution in [-0.2, 0) is 9.31 Å². The lowest BCUT2D eigenvalue weighted by Gasteiger charge is -2.32. The largest absolute Gasteiger partial charge is 0.495 e. The van der Waals surface area contributed by atoms with Gasteiger partial charge < -0.3 is 9.31 Å². The van der Waals surface area contributed by atoms with Crippen molar-refractivity contribution in [3.05, 3.63) is 66.6 Å². The van der Waals surface area contributed by atoms with Crippen LogP contribution in [0.4, 0.5) is 0 Å². The highest BCUT2D eigenvalue weighted by Gasteiger charge is 2.52. The third-order valence-electron chi connectivity index (χ3n) is 5.08. The summed E-state index contributed by atoms with van der Waals surface area (Å²) in [5.74, 6) is 0. The maximum absolute atomic E-state index is 8.61. The van der Waals surface area contributed by atoms with Gasteiger partial charge in [-0.2, -0.15) is 0 Å². The summed E-state index contributed by atoms with van der Waals surface area (Å²) in [6.45, 7) is 7.48. The number of rotatable bonds is 2. The SMILES string of the molecule is [2H]c1c([2H])c(-c2ccccc2)c2c([2H])c([2H])c([2H])c(B3OC(C)(C)C(C)(C)O3)c2c1[2H]. The zero-order chi connectivity index (χ0) is 22.9. The average Bonchev–Trinajstić information content (AvgIpc) is 2.93. The van der Waals surface area contributed by atoms with Crippen LogP contribution in [-0.4, -0.2) is 18.3 Å². The van der Waals surface area contributed by atoms with Crippen LogP contribution >= 0.6 is 0 Å². The molecule has 4 rings (SSSR count). The minimum atomic E-state index is -1.03. The fourth-order valence-corrected chi connectivity index (χ4v) is 2.92. The van der Waals surface area contributed by atoms with Crippen molar-refractivity contribution in [2.75, 3.05) is 0 Å². The molecular formula is C22H23BO2. The zero-order valence-corrected chi connectivity index (χ0v) is 14.8. The molecule has 1 fully saturated rings. The Bertz CT molecular complexity index is 1190. The highest BCUT2D eigenvalue weighted by Crippen LogP contribution is 2.37. The molecule has 0 unspecified atom stereocenters. The molecule has 3 heteroatoms. The van der Waals surface area contributed by atoms with Crippen molar-refractivity contribution in [2.24, 2.45) is 0 Å². The molecule has 1 aliphatic heterocycles. The van der Waals surface area contributed by atoms with E-state index in [2.05, 4.69) is 0 Å². The number of hydrogen-bond donors (Lipinski definition) is 0. The van der Waals surface area contributed by atoms with Crippen LogP contribution in [0.5, 0.6) is 0 Å². The Morgan fingerprint density at radius 1 is 0.800 bits per heavy atom. The van der Waals surface area contributed by atoms with Crippen molar-refractivity contribution in [1.29, 1.82) is 0 Å². The van der Waals surface area contributed by atoms with Crippen LogP contribution in [0.1, 0.15) is 35.9 Å². The van der Waals surface area contributed by atoms with Crippen LogP contribution in [0, 0.1) is 0 Å². The van der Waals surface area contributed by atoms with Gasteiger partial charge in [0, 0.05) is 0 Å². The highest BCUT2D eigenvalue weighted by atomic mass is 16.7. The highest BCUT2D eigenvalue weighted by molar-refractivity contribution is 6.65. The van der Waals surface area contributed by atoms with Crippen LogP contribution < -0.4 is 5.46 Å². The fraction of sp³-hybridized carbons (Fsp3) is 0.273. The molecule has 0 spiro atoms. The molecular weight excluding hydrogens is 307 g/mol. The van der Waals surface area contributed by atoms with Gasteiger partial charge in [0.15, 0.2) is 0 Å². The van der Waals surface area contributed by atoms with Gasteiger partial charge in [-0.1, -0.05) is 66.6 Å². The Kier molecular flexibility index (Phi) is 2.47. The Labute approximate surface area is 158 Å². The normalized spacial score (nSPS) is 22.0. The quantitative estimate of drug-likeness (QED) is 0.626. The maximum atomic E-state index is 8.61. The maximum Gasteiger partial charge on any atom is 0.495 e. The van der Waals surface area contributed by atoms with Crippen LogP contribution in [0.15, 0.2) is 66.6 Å². The minimum absolute atomic E-state index is 0.157. The molecule has 0 bridgehead atoms. The second kappa shape index (κ2) is 5.72. The van der Waals surface area contributed by atoms with Gasteiger partial charge in [0.05, 0.1) is 19.4 Å². The lowest BCUT2D eigenvalue weighted by atomic mass is 9.75. The first kappa shape index (κ1) is 10.8. The summed E-state index contributed by atoms with van der Waals surface area (Å²) in [7, 11) is -1.03. The smallest absolute Gasteiger partial charge is 0.399 e. The van der Waals surface area contributed by atoms with Gasteiger partial charge in [-0.15, -0.1) is 0 Å². The number of benzene rings is 3. The molecule has 0 atom stereocenters. The van der Waals surface area contributed by atoms with Crippen molar-refractivity contribution in [3.63, 3.8) is 0 Å². The number of hydrogen-bond acceptors (Lipinski definition) is 2. The molecule has 1 aliphatic rings. The lowest BCUT2D eigenvalue weighted by molar-refractivity contribution is 0.00578. The average molecular weight is 336 g/mol. The summed E-state index contributed by atoms with van der Waals surface area (Å²) in [6, 6.07) is 7.33. The number of fused-ring (bicyclic) bond motifs is 1. The summed E-state index contributed by atoms with van der Waals surface area (Å²) >= 11 is 0. The van der Waals surface area contributed by atoms with E-state index in [1.807, 2.05) is 33.8 Å². The molecule has 2 nitrogen and oxygen atoms in total. The first-order valence-corrected chi connectivity index (χ1v) is 8.33. The molecule has 0 N–H and O–H groups in total. The van der Waals surface area contributed by atoms with E-state index in [4.69, 9.17) is 17.5 Å². The topological polar surface area (TPSA) is 18.5 Å². The Morgan fingerprint density at radius 2 is 1.40 bits per heavy atom. The minimum Gasteiger partial charge on any atom is -0.399 e. The molecule has 0 radical (unpaired) electrons. The van der Waals surface area contributed by atoms with Crippen molar-refractivity contribution in [2.45, 2.75) is 38.9 Å². The molecule has 3 aromatic carbocycles. The predicted molar refractivity (Wildman–Crippen MR) is 105 cm³/mol. The molecule has 1 saturated heterocycles. The monoisotopic (exact) mass is 336 g/mol. The van der Waals surface area contributed by atoms with Gasteiger partial charge in [-0.05, 0) is 55.1 Å². The van der Waals surface area contributed by atoms with E-state index in [0.29, 0.717) is 11.1 Å². The summed E-state index contributed by atoms with van der Waals surface area (Å²) in [4.78, 5) is 0. The van der Waals surface area contributed by atoms with Gasteiger partial charge in [0.2, 0.25) is 0 Å². The Hall–Kier alpha value is -2.10. The van der Waals surface area contributed by atoms with E-state index in [-0.39, 0.29) is 52.5 Å². The van der Waals surface area contributed by atoms with E-state index in [9.17, 15) is 0 Å². The van der Waals surface area contributed by atoms with E-state index >= 15 is 0 Å². The summed E-state index contributed by atoms with van der Waals surface area (Å²) in [6.07, 6.45) is 0. The second-order valence-electron chi connectivity index (χ2n) is 7.24.